The third-order valence-electron chi connectivity index (χ3n) is 3.35. The Bertz CT molecular complexity index is 943. The summed E-state index contributed by atoms with van der Waals surface area (Å²) in [5.41, 5.74) is 2.38. The van der Waals surface area contributed by atoms with Crippen molar-refractivity contribution in [2.45, 2.75) is 0 Å². The van der Waals surface area contributed by atoms with E-state index in [1.165, 1.54) is 12.4 Å². The van der Waals surface area contributed by atoms with Crippen LogP contribution < -0.4 is 10.6 Å². The fraction of sp³-hybridized carbons (Fsp3) is 0.0556. The van der Waals surface area contributed by atoms with Crippen molar-refractivity contribution in [3.63, 3.8) is 0 Å². The van der Waals surface area contributed by atoms with Crippen molar-refractivity contribution in [2.24, 2.45) is 0 Å². The maximum atomic E-state index is 11.9. The smallest absolute Gasteiger partial charge is 0.248 e. The van der Waals surface area contributed by atoms with E-state index in [9.17, 15) is 4.79 Å². The molecule has 3 rings (SSSR count). The maximum absolute atomic E-state index is 11.9. The molecule has 0 saturated heterocycles. The van der Waals surface area contributed by atoms with E-state index in [0.29, 0.717) is 16.8 Å². The SMILES string of the molecule is O=C(/C=C/CBr)Nc1ccc2ncnc(Nc3cccc(Br)c3)c2c1. The Morgan fingerprint density at radius 3 is 2.80 bits per heavy atom. The van der Waals surface area contributed by atoms with E-state index >= 15 is 0 Å². The Morgan fingerprint density at radius 1 is 1.12 bits per heavy atom. The number of rotatable bonds is 5. The van der Waals surface area contributed by atoms with Crippen molar-refractivity contribution in [2.75, 3.05) is 16.0 Å². The van der Waals surface area contributed by atoms with E-state index in [0.717, 1.165) is 21.1 Å². The Labute approximate surface area is 161 Å². The number of nitrogens with zero attached hydrogens (tertiary/aromatic N) is 2. The van der Waals surface area contributed by atoms with Crippen LogP contribution >= 0.6 is 31.9 Å². The molecule has 1 heterocycles. The number of halogens is 2. The summed E-state index contributed by atoms with van der Waals surface area (Å²) >= 11 is 6.70. The van der Waals surface area contributed by atoms with Crippen molar-refractivity contribution in [3.05, 3.63) is 65.4 Å². The molecule has 0 atom stereocenters. The first-order chi connectivity index (χ1) is 12.2. The Hall–Kier alpha value is -2.25. The topological polar surface area (TPSA) is 66.9 Å². The van der Waals surface area contributed by atoms with Gasteiger partial charge >= 0.3 is 0 Å². The molecule has 1 amide bonds. The second kappa shape index (κ2) is 8.22. The number of hydrogen-bond donors (Lipinski definition) is 2. The monoisotopic (exact) mass is 460 g/mol. The summed E-state index contributed by atoms with van der Waals surface area (Å²) in [6, 6.07) is 13.3. The van der Waals surface area contributed by atoms with Gasteiger partial charge in [0.05, 0.1) is 5.52 Å². The van der Waals surface area contributed by atoms with Gasteiger partial charge in [-0.3, -0.25) is 4.79 Å². The molecule has 25 heavy (non-hydrogen) atoms. The van der Waals surface area contributed by atoms with Crippen LogP contribution in [-0.2, 0) is 4.79 Å². The second-order valence-corrected chi connectivity index (χ2v) is 6.70. The minimum atomic E-state index is -0.183. The van der Waals surface area contributed by atoms with Crippen molar-refractivity contribution >= 4 is 65.9 Å². The van der Waals surface area contributed by atoms with Crippen LogP contribution in [-0.4, -0.2) is 21.2 Å². The lowest BCUT2D eigenvalue weighted by molar-refractivity contribution is -0.111. The van der Waals surface area contributed by atoms with Crippen LogP contribution in [0.3, 0.4) is 0 Å². The number of alkyl halides is 1. The number of benzene rings is 2. The zero-order valence-corrected chi connectivity index (χ0v) is 16.2. The van der Waals surface area contributed by atoms with E-state index in [1.807, 2.05) is 42.5 Å². The number of amides is 1. The summed E-state index contributed by atoms with van der Waals surface area (Å²) in [6.45, 7) is 0. The van der Waals surface area contributed by atoms with Gasteiger partial charge in [0.2, 0.25) is 5.91 Å². The summed E-state index contributed by atoms with van der Waals surface area (Å²) in [4.78, 5) is 20.5. The molecule has 1 aromatic heterocycles. The molecule has 0 saturated carbocycles. The van der Waals surface area contributed by atoms with Gasteiger partial charge < -0.3 is 10.6 Å². The van der Waals surface area contributed by atoms with E-state index in [1.54, 1.807) is 6.08 Å². The molecular formula is C18H14Br2N4O. The molecule has 3 aromatic rings. The van der Waals surface area contributed by atoms with Crippen LogP contribution in [0.1, 0.15) is 0 Å². The third kappa shape index (κ3) is 4.64. The highest BCUT2D eigenvalue weighted by atomic mass is 79.9. The average molecular weight is 462 g/mol. The third-order valence-corrected chi connectivity index (χ3v) is 4.22. The van der Waals surface area contributed by atoms with E-state index in [-0.39, 0.29) is 5.91 Å². The highest BCUT2D eigenvalue weighted by Gasteiger charge is 2.07. The van der Waals surface area contributed by atoms with Gasteiger partial charge in [-0.05, 0) is 36.4 Å². The Morgan fingerprint density at radius 2 is 2.00 bits per heavy atom. The first-order valence-electron chi connectivity index (χ1n) is 7.46. The lowest BCUT2D eigenvalue weighted by atomic mass is 10.2. The van der Waals surface area contributed by atoms with Crippen LogP contribution in [0.15, 0.2) is 65.4 Å². The van der Waals surface area contributed by atoms with Crippen molar-refractivity contribution in [1.82, 2.24) is 9.97 Å². The molecule has 0 fully saturated rings. The van der Waals surface area contributed by atoms with Gasteiger partial charge in [0.1, 0.15) is 12.1 Å². The fourth-order valence-corrected chi connectivity index (χ4v) is 2.86. The quantitative estimate of drug-likeness (QED) is 0.413. The first-order valence-corrected chi connectivity index (χ1v) is 9.38. The highest BCUT2D eigenvalue weighted by molar-refractivity contribution is 9.10. The van der Waals surface area contributed by atoms with E-state index in [4.69, 9.17) is 0 Å². The molecule has 0 bridgehead atoms. The van der Waals surface area contributed by atoms with Gasteiger partial charge in [-0.2, -0.15) is 0 Å². The van der Waals surface area contributed by atoms with Gasteiger partial charge in [0, 0.05) is 32.6 Å². The second-order valence-electron chi connectivity index (χ2n) is 5.14. The minimum absolute atomic E-state index is 0.183. The molecule has 0 aliphatic carbocycles. The number of carbonyl (C=O) groups is 1. The zero-order chi connectivity index (χ0) is 17.6. The zero-order valence-electron chi connectivity index (χ0n) is 13.0. The normalized spacial score (nSPS) is 11.0. The van der Waals surface area contributed by atoms with Crippen LogP contribution in [0, 0.1) is 0 Å². The molecule has 2 aromatic carbocycles. The molecule has 126 valence electrons. The number of nitrogens with one attached hydrogen (secondary N) is 2. The van der Waals surface area contributed by atoms with Crippen LogP contribution in [0.5, 0.6) is 0 Å². The molecular weight excluding hydrogens is 448 g/mol. The van der Waals surface area contributed by atoms with Crippen molar-refractivity contribution < 1.29 is 4.79 Å². The van der Waals surface area contributed by atoms with E-state index < -0.39 is 0 Å². The van der Waals surface area contributed by atoms with Crippen LogP contribution in [0.4, 0.5) is 17.2 Å². The Kier molecular flexibility index (Phi) is 5.78. The Balaban J connectivity index is 1.92. The summed E-state index contributed by atoms with van der Waals surface area (Å²) in [7, 11) is 0. The number of fused-ring (bicyclic) bond motifs is 1. The van der Waals surface area contributed by atoms with Gasteiger partial charge in [-0.1, -0.05) is 44.0 Å². The lowest BCUT2D eigenvalue weighted by Crippen LogP contribution is -2.08. The first kappa shape index (κ1) is 17.6. The number of hydrogen-bond acceptors (Lipinski definition) is 4. The standard InChI is InChI=1S/C18H14Br2N4O/c19-8-2-5-17(25)23-14-6-7-16-15(10-14)18(22-11-21-16)24-13-4-1-3-12(20)9-13/h1-7,9-11H,8H2,(H,23,25)(H,21,22,24)/b5-2+. The summed E-state index contributed by atoms with van der Waals surface area (Å²) in [5, 5.41) is 7.58. The molecule has 2 N–H and O–H groups in total. The lowest BCUT2D eigenvalue weighted by Gasteiger charge is -2.10. The molecule has 0 aliphatic heterocycles. The van der Waals surface area contributed by atoms with Crippen molar-refractivity contribution in [1.29, 1.82) is 0 Å². The highest BCUT2D eigenvalue weighted by Crippen LogP contribution is 2.26. The molecule has 0 radical (unpaired) electrons. The number of anilines is 3. The van der Waals surface area contributed by atoms with Crippen LogP contribution in [0.2, 0.25) is 0 Å². The molecule has 0 unspecified atom stereocenters. The molecule has 7 heteroatoms. The van der Waals surface area contributed by atoms with Crippen LogP contribution in [0.25, 0.3) is 10.9 Å². The van der Waals surface area contributed by atoms with Crippen molar-refractivity contribution in [3.8, 4) is 0 Å². The molecule has 0 aliphatic rings. The largest absolute Gasteiger partial charge is 0.340 e. The maximum Gasteiger partial charge on any atom is 0.248 e. The minimum Gasteiger partial charge on any atom is -0.340 e. The number of allylic oxidation sites excluding steroid dienone is 1. The van der Waals surface area contributed by atoms with Gasteiger partial charge in [0.15, 0.2) is 0 Å². The molecule has 0 spiro atoms. The van der Waals surface area contributed by atoms with Gasteiger partial charge in [-0.25, -0.2) is 9.97 Å². The summed E-state index contributed by atoms with van der Waals surface area (Å²) < 4.78 is 0.974. The molecule has 5 nitrogen and oxygen atoms in total. The summed E-state index contributed by atoms with van der Waals surface area (Å²) in [6.07, 6.45) is 4.74. The van der Waals surface area contributed by atoms with Gasteiger partial charge in [-0.15, -0.1) is 0 Å². The predicted molar refractivity (Wildman–Crippen MR) is 109 cm³/mol. The predicted octanol–water partition coefficient (Wildman–Crippen LogP) is 5.03. The summed E-state index contributed by atoms with van der Waals surface area (Å²) in [5.74, 6) is 0.493. The number of aromatic nitrogens is 2. The average Bonchev–Trinajstić information content (AvgIpc) is 2.60. The fourth-order valence-electron chi connectivity index (χ4n) is 2.27. The van der Waals surface area contributed by atoms with E-state index in [2.05, 4.69) is 52.5 Å². The van der Waals surface area contributed by atoms with Gasteiger partial charge in [0.25, 0.3) is 0 Å². The number of carbonyl (C=O) groups excluding carboxylic acids is 1.